The zero-order valence-electron chi connectivity index (χ0n) is 26.7. The van der Waals surface area contributed by atoms with Crippen LogP contribution in [0, 0.1) is 0 Å². The van der Waals surface area contributed by atoms with Gasteiger partial charge in [0.05, 0.1) is 23.8 Å². The van der Waals surface area contributed by atoms with Crippen LogP contribution in [0.2, 0.25) is 0 Å². The summed E-state index contributed by atoms with van der Waals surface area (Å²) in [6.45, 7) is 4.07. The van der Waals surface area contributed by atoms with Crippen LogP contribution in [0.25, 0.3) is 11.6 Å². The maximum absolute atomic E-state index is 11.6. The first-order valence-electron chi connectivity index (χ1n) is 15.0. The van der Waals surface area contributed by atoms with Gasteiger partial charge >= 0.3 is 11.9 Å². The van der Waals surface area contributed by atoms with Gasteiger partial charge in [0.1, 0.15) is 17.5 Å². The van der Waals surface area contributed by atoms with Crippen LogP contribution in [0.5, 0.6) is 0 Å². The van der Waals surface area contributed by atoms with Gasteiger partial charge in [-0.3, -0.25) is 0 Å². The monoisotopic (exact) mass is 658 g/mol. The number of hydrogen-bond donors (Lipinski definition) is 4. The van der Waals surface area contributed by atoms with E-state index in [1.165, 1.54) is 37.4 Å². The number of azo groups is 2. The number of aromatic nitrogens is 10. The van der Waals surface area contributed by atoms with Gasteiger partial charge in [-0.1, -0.05) is 26.7 Å². The van der Waals surface area contributed by atoms with Crippen LogP contribution >= 0.6 is 0 Å². The van der Waals surface area contributed by atoms with E-state index >= 15 is 0 Å². The lowest BCUT2D eigenvalue weighted by atomic mass is 10.2. The number of aryl methyl sites for hydroxylation is 4. The van der Waals surface area contributed by atoms with Crippen molar-refractivity contribution >= 4 is 46.6 Å². The van der Waals surface area contributed by atoms with Crippen molar-refractivity contribution in [1.29, 1.82) is 0 Å². The summed E-state index contributed by atoms with van der Waals surface area (Å²) >= 11 is 0. The Morgan fingerprint density at radius 1 is 0.729 bits per heavy atom. The predicted molar refractivity (Wildman–Crippen MR) is 171 cm³/mol. The van der Waals surface area contributed by atoms with Crippen molar-refractivity contribution in [2.75, 3.05) is 11.5 Å². The zero-order chi connectivity index (χ0) is 34.5. The lowest BCUT2D eigenvalue weighted by molar-refractivity contribution is 0.0686. The largest absolute Gasteiger partial charge is 0.477 e. The van der Waals surface area contributed by atoms with Crippen LogP contribution in [0.4, 0.5) is 34.6 Å². The molecule has 0 spiro atoms. The van der Waals surface area contributed by atoms with Crippen molar-refractivity contribution in [3.63, 3.8) is 0 Å². The van der Waals surface area contributed by atoms with Gasteiger partial charge < -0.3 is 21.7 Å². The predicted octanol–water partition coefficient (Wildman–Crippen LogP) is 4.39. The van der Waals surface area contributed by atoms with Crippen molar-refractivity contribution in [3.05, 3.63) is 47.3 Å². The number of nitrogen functional groups attached to an aromatic ring is 2. The molecular weight excluding hydrogens is 624 g/mol. The van der Waals surface area contributed by atoms with Gasteiger partial charge in [0.25, 0.3) is 0 Å². The Bertz CT molecular complexity index is 1890. The van der Waals surface area contributed by atoms with E-state index in [1.807, 2.05) is 13.8 Å². The Morgan fingerprint density at radius 2 is 1.15 bits per heavy atom. The summed E-state index contributed by atoms with van der Waals surface area (Å²) in [5.41, 5.74) is 14.5. The van der Waals surface area contributed by atoms with E-state index in [0.29, 0.717) is 24.2 Å². The average molecular weight is 659 g/mol. The Balaban J connectivity index is 1.55. The minimum Gasteiger partial charge on any atom is -0.477 e. The minimum atomic E-state index is -1.19. The molecule has 0 amide bonds. The summed E-state index contributed by atoms with van der Waals surface area (Å²) in [5.74, 6) is -1.51. The second-order valence-electron chi connectivity index (χ2n) is 10.6. The molecule has 0 aliphatic carbocycles. The standard InChI is InChI=1S/C28H34N16O4/c1-5-7-9-17-21(35-37-25-15(27(45)46)12-33-41(25)3)23(29)43(39-17)19-11-20(32-14-31-19)44-24(30)22(18(40-44)10-8-6-2)36-38-26-16(28(47)48)13-34-42(26)4/h11-14H,5-10,29-30H2,1-4H3,(H,45,46)(H,47,48)/b37-35+,38-36+. The molecule has 5 aromatic rings. The van der Waals surface area contributed by atoms with Crippen LogP contribution in [-0.4, -0.2) is 71.2 Å². The first kappa shape index (κ1) is 33.0. The Morgan fingerprint density at radius 3 is 1.52 bits per heavy atom. The summed E-state index contributed by atoms with van der Waals surface area (Å²) in [4.78, 5) is 32.0. The smallest absolute Gasteiger partial charge is 0.341 e. The Kier molecular flexibility index (Phi) is 9.62. The van der Waals surface area contributed by atoms with Gasteiger partial charge in [0.2, 0.25) is 0 Å². The van der Waals surface area contributed by atoms with E-state index in [9.17, 15) is 19.8 Å². The number of carbonyl (C=O) groups is 2. The molecule has 0 aliphatic heterocycles. The molecule has 5 heterocycles. The number of anilines is 2. The molecule has 20 heteroatoms. The molecule has 0 aliphatic rings. The fourth-order valence-corrected chi connectivity index (χ4v) is 4.70. The van der Waals surface area contributed by atoms with Gasteiger partial charge in [0.15, 0.2) is 46.3 Å². The summed E-state index contributed by atoms with van der Waals surface area (Å²) in [5, 5.41) is 53.2. The lowest BCUT2D eigenvalue weighted by Gasteiger charge is -2.06. The van der Waals surface area contributed by atoms with E-state index in [-0.39, 0.29) is 57.4 Å². The van der Waals surface area contributed by atoms with E-state index in [0.717, 1.165) is 25.7 Å². The van der Waals surface area contributed by atoms with Crippen LogP contribution in [0.3, 0.4) is 0 Å². The number of nitrogens with zero attached hydrogens (tertiary/aromatic N) is 14. The Labute approximate surface area is 272 Å². The quantitative estimate of drug-likeness (QED) is 0.121. The second-order valence-corrected chi connectivity index (χ2v) is 10.6. The molecule has 5 aromatic heterocycles. The molecule has 0 bridgehead atoms. The number of aromatic carboxylic acids is 2. The summed E-state index contributed by atoms with van der Waals surface area (Å²) in [6, 6.07) is 1.58. The third-order valence-electron chi connectivity index (χ3n) is 7.30. The molecule has 0 radical (unpaired) electrons. The van der Waals surface area contributed by atoms with Gasteiger partial charge in [-0.15, -0.1) is 20.5 Å². The van der Waals surface area contributed by atoms with Crippen LogP contribution in [-0.2, 0) is 26.9 Å². The zero-order valence-corrected chi connectivity index (χ0v) is 26.7. The van der Waals surface area contributed by atoms with Crippen molar-refractivity contribution in [1.82, 2.24) is 49.1 Å². The van der Waals surface area contributed by atoms with Crippen LogP contribution < -0.4 is 11.5 Å². The molecular formula is C28H34N16O4. The SMILES string of the molecule is CCCCc1nn(-c2cc(-n3nc(CCCC)c(/N=N/c4c(C(=O)O)cnn4C)c3N)ncn2)c(N)c1/N=N/c1c(C(=O)O)cnn1C. The maximum atomic E-state index is 11.6. The first-order valence-corrected chi connectivity index (χ1v) is 15.0. The number of hydrogen-bond acceptors (Lipinski definition) is 14. The van der Waals surface area contributed by atoms with Crippen LogP contribution in [0.15, 0.2) is 45.2 Å². The van der Waals surface area contributed by atoms with Crippen LogP contribution in [0.1, 0.15) is 71.6 Å². The van der Waals surface area contributed by atoms with Crippen molar-refractivity contribution in [2.24, 2.45) is 34.6 Å². The van der Waals surface area contributed by atoms with E-state index < -0.39 is 11.9 Å². The van der Waals surface area contributed by atoms with Gasteiger partial charge in [-0.25, -0.2) is 28.9 Å². The number of carboxylic acids is 2. The molecule has 5 rings (SSSR count). The first-order chi connectivity index (χ1) is 23.0. The number of carboxylic acid groups (broad SMARTS) is 2. The normalized spacial score (nSPS) is 11.8. The highest BCUT2D eigenvalue weighted by molar-refractivity contribution is 5.92. The highest BCUT2D eigenvalue weighted by atomic mass is 16.4. The van der Waals surface area contributed by atoms with Crippen molar-refractivity contribution < 1.29 is 19.8 Å². The molecule has 250 valence electrons. The maximum Gasteiger partial charge on any atom is 0.341 e. The number of unbranched alkanes of at least 4 members (excludes halogenated alkanes) is 2. The molecule has 20 nitrogen and oxygen atoms in total. The molecule has 0 atom stereocenters. The van der Waals surface area contributed by atoms with Gasteiger partial charge in [0, 0.05) is 20.2 Å². The third kappa shape index (κ3) is 6.48. The fraction of sp³-hybridized carbons (Fsp3) is 0.357. The van der Waals surface area contributed by atoms with Gasteiger partial charge in [-0.2, -0.15) is 29.8 Å². The lowest BCUT2D eigenvalue weighted by Crippen LogP contribution is -2.09. The minimum absolute atomic E-state index is 0.0454. The average Bonchev–Trinajstić information content (AvgIpc) is 3.80. The summed E-state index contributed by atoms with van der Waals surface area (Å²) in [7, 11) is 3.11. The number of nitrogens with two attached hydrogens (primary N) is 2. The molecule has 0 fully saturated rings. The van der Waals surface area contributed by atoms with E-state index in [1.54, 1.807) is 20.2 Å². The van der Waals surface area contributed by atoms with Crippen molar-refractivity contribution in [3.8, 4) is 11.6 Å². The fourth-order valence-electron chi connectivity index (χ4n) is 4.70. The van der Waals surface area contributed by atoms with Crippen molar-refractivity contribution in [2.45, 2.75) is 52.4 Å². The molecule has 0 unspecified atom stereocenters. The molecule has 0 saturated carbocycles. The topological polar surface area (TPSA) is 273 Å². The second kappa shape index (κ2) is 14.0. The number of rotatable bonds is 14. The molecule has 0 aromatic carbocycles. The third-order valence-corrected chi connectivity index (χ3v) is 7.30. The molecule has 6 N–H and O–H groups in total. The van der Waals surface area contributed by atoms with Gasteiger partial charge in [-0.05, 0) is 25.7 Å². The molecule has 48 heavy (non-hydrogen) atoms. The highest BCUT2D eigenvalue weighted by Crippen LogP contribution is 2.35. The highest BCUT2D eigenvalue weighted by Gasteiger charge is 2.23. The Hall–Kier alpha value is -6.34. The van der Waals surface area contributed by atoms with E-state index in [2.05, 4.69) is 50.8 Å². The summed E-state index contributed by atoms with van der Waals surface area (Å²) < 4.78 is 5.38. The molecule has 0 saturated heterocycles. The van der Waals surface area contributed by atoms with E-state index in [4.69, 9.17) is 11.5 Å². The summed E-state index contributed by atoms with van der Waals surface area (Å²) in [6.07, 6.45) is 8.07.